The van der Waals surface area contributed by atoms with Gasteiger partial charge in [-0.15, -0.1) is 0 Å². The van der Waals surface area contributed by atoms with Crippen molar-refractivity contribution in [3.05, 3.63) is 53.6 Å². The first kappa shape index (κ1) is 19.7. The molecule has 0 saturated carbocycles. The van der Waals surface area contributed by atoms with E-state index >= 15 is 0 Å². The number of nitrogens with zero attached hydrogens (tertiary/aromatic N) is 3. The number of hydrogen-bond acceptors (Lipinski definition) is 5. The van der Waals surface area contributed by atoms with Crippen LogP contribution in [-0.2, 0) is 17.8 Å². The molecular formula is C23H29N3O3. The Bertz CT molecular complexity index is 848. The molecule has 154 valence electrons. The summed E-state index contributed by atoms with van der Waals surface area (Å²) in [6.45, 7) is 6.79. The standard InChI is InChI=1S/C23H29N3O3/c1-28-21-9-8-20-19(23(21)29-2)16-22(27)26(20)15-14-24-10-12-25(13-11-24)17-18-6-4-3-5-7-18/h3-9H,10-17H2,1-2H3. The zero-order valence-electron chi connectivity index (χ0n) is 17.3. The van der Waals surface area contributed by atoms with Gasteiger partial charge in [0.15, 0.2) is 11.5 Å². The van der Waals surface area contributed by atoms with Crippen LogP contribution in [0.3, 0.4) is 0 Å². The highest BCUT2D eigenvalue weighted by Crippen LogP contribution is 2.41. The lowest BCUT2D eigenvalue weighted by Gasteiger charge is -2.35. The van der Waals surface area contributed by atoms with E-state index in [1.807, 2.05) is 17.0 Å². The summed E-state index contributed by atoms with van der Waals surface area (Å²) in [7, 11) is 3.25. The summed E-state index contributed by atoms with van der Waals surface area (Å²) in [6, 6.07) is 14.5. The van der Waals surface area contributed by atoms with Gasteiger partial charge in [-0.2, -0.15) is 0 Å². The van der Waals surface area contributed by atoms with Gasteiger partial charge in [-0.05, 0) is 17.7 Å². The van der Waals surface area contributed by atoms with E-state index in [-0.39, 0.29) is 5.91 Å². The smallest absolute Gasteiger partial charge is 0.231 e. The van der Waals surface area contributed by atoms with Crippen LogP contribution in [0.1, 0.15) is 11.1 Å². The minimum Gasteiger partial charge on any atom is -0.493 e. The maximum absolute atomic E-state index is 12.6. The number of rotatable bonds is 7. The summed E-state index contributed by atoms with van der Waals surface area (Å²) in [4.78, 5) is 19.5. The molecular weight excluding hydrogens is 366 g/mol. The predicted octanol–water partition coefficient (Wildman–Crippen LogP) is 2.41. The summed E-state index contributed by atoms with van der Waals surface area (Å²) in [6.07, 6.45) is 0.376. The van der Waals surface area contributed by atoms with Crippen molar-refractivity contribution in [2.24, 2.45) is 0 Å². The molecule has 0 N–H and O–H groups in total. The van der Waals surface area contributed by atoms with E-state index in [9.17, 15) is 4.79 Å². The third kappa shape index (κ3) is 4.23. The summed E-state index contributed by atoms with van der Waals surface area (Å²) < 4.78 is 10.9. The molecule has 0 bridgehead atoms. The molecule has 2 heterocycles. The van der Waals surface area contributed by atoms with Gasteiger partial charge in [0.25, 0.3) is 0 Å². The molecule has 1 fully saturated rings. The molecule has 29 heavy (non-hydrogen) atoms. The average molecular weight is 396 g/mol. The predicted molar refractivity (Wildman–Crippen MR) is 114 cm³/mol. The van der Waals surface area contributed by atoms with Gasteiger partial charge in [0.05, 0.1) is 26.3 Å². The van der Waals surface area contributed by atoms with Crippen LogP contribution in [0.25, 0.3) is 0 Å². The Morgan fingerprint density at radius 1 is 0.862 bits per heavy atom. The van der Waals surface area contributed by atoms with Gasteiger partial charge in [0.2, 0.25) is 5.91 Å². The van der Waals surface area contributed by atoms with Crippen LogP contribution in [0, 0.1) is 0 Å². The quantitative estimate of drug-likeness (QED) is 0.721. The minimum absolute atomic E-state index is 0.134. The van der Waals surface area contributed by atoms with E-state index in [0.717, 1.165) is 50.5 Å². The molecule has 1 saturated heterocycles. The molecule has 1 amide bonds. The fourth-order valence-corrected chi connectivity index (χ4v) is 4.28. The largest absolute Gasteiger partial charge is 0.493 e. The lowest BCUT2D eigenvalue weighted by molar-refractivity contribution is -0.117. The Labute approximate surface area is 172 Å². The maximum atomic E-state index is 12.6. The first-order valence-corrected chi connectivity index (χ1v) is 10.2. The van der Waals surface area contributed by atoms with Crippen molar-refractivity contribution in [3.8, 4) is 11.5 Å². The summed E-state index contributed by atoms with van der Waals surface area (Å²) in [5.74, 6) is 1.49. The summed E-state index contributed by atoms with van der Waals surface area (Å²) in [5, 5.41) is 0. The fraction of sp³-hybridized carbons (Fsp3) is 0.435. The van der Waals surface area contributed by atoms with Crippen LogP contribution in [0.15, 0.2) is 42.5 Å². The number of carbonyl (C=O) groups is 1. The second-order valence-electron chi connectivity index (χ2n) is 7.62. The number of anilines is 1. The van der Waals surface area contributed by atoms with Crippen LogP contribution in [0.2, 0.25) is 0 Å². The van der Waals surface area contributed by atoms with Gasteiger partial charge in [0, 0.05) is 51.4 Å². The van der Waals surface area contributed by atoms with Crippen molar-refractivity contribution in [3.63, 3.8) is 0 Å². The Kier molecular flexibility index (Phi) is 6.02. The van der Waals surface area contributed by atoms with E-state index in [4.69, 9.17) is 9.47 Å². The van der Waals surface area contributed by atoms with Crippen LogP contribution < -0.4 is 14.4 Å². The van der Waals surface area contributed by atoms with Gasteiger partial charge in [-0.3, -0.25) is 14.6 Å². The number of hydrogen-bond donors (Lipinski definition) is 0. The third-order valence-corrected chi connectivity index (χ3v) is 5.90. The molecule has 0 atom stereocenters. The van der Waals surface area contributed by atoms with Gasteiger partial charge >= 0.3 is 0 Å². The number of fused-ring (bicyclic) bond motifs is 1. The molecule has 0 aliphatic carbocycles. The van der Waals surface area contributed by atoms with Crippen molar-refractivity contribution in [2.75, 3.05) is 58.4 Å². The van der Waals surface area contributed by atoms with Gasteiger partial charge in [-0.25, -0.2) is 0 Å². The molecule has 0 unspecified atom stereocenters. The zero-order chi connectivity index (χ0) is 20.2. The summed E-state index contributed by atoms with van der Waals surface area (Å²) in [5.41, 5.74) is 3.25. The lowest BCUT2D eigenvalue weighted by Crippen LogP contribution is -2.48. The van der Waals surface area contributed by atoms with Gasteiger partial charge in [-0.1, -0.05) is 30.3 Å². The second-order valence-corrected chi connectivity index (χ2v) is 7.62. The monoisotopic (exact) mass is 395 g/mol. The summed E-state index contributed by atoms with van der Waals surface area (Å²) >= 11 is 0. The highest BCUT2D eigenvalue weighted by atomic mass is 16.5. The Morgan fingerprint density at radius 3 is 2.28 bits per heavy atom. The van der Waals surface area contributed by atoms with Crippen molar-refractivity contribution >= 4 is 11.6 Å². The fourth-order valence-electron chi connectivity index (χ4n) is 4.28. The first-order valence-electron chi connectivity index (χ1n) is 10.2. The Morgan fingerprint density at radius 2 is 1.59 bits per heavy atom. The van der Waals surface area contributed by atoms with Crippen molar-refractivity contribution in [1.82, 2.24) is 9.80 Å². The van der Waals surface area contributed by atoms with Crippen molar-refractivity contribution in [2.45, 2.75) is 13.0 Å². The molecule has 0 aromatic heterocycles. The number of piperazine rings is 1. The van der Waals surface area contributed by atoms with Crippen molar-refractivity contribution < 1.29 is 14.3 Å². The van der Waals surface area contributed by atoms with E-state index in [1.54, 1.807) is 14.2 Å². The highest BCUT2D eigenvalue weighted by Gasteiger charge is 2.32. The zero-order valence-corrected chi connectivity index (χ0v) is 17.3. The average Bonchev–Trinajstić information content (AvgIpc) is 3.08. The molecule has 2 aliphatic rings. The molecule has 2 aliphatic heterocycles. The van der Waals surface area contributed by atoms with Crippen LogP contribution in [0.4, 0.5) is 5.69 Å². The number of carbonyl (C=O) groups excluding carboxylic acids is 1. The van der Waals surface area contributed by atoms with E-state index < -0.39 is 0 Å². The van der Waals surface area contributed by atoms with Crippen molar-refractivity contribution in [1.29, 1.82) is 0 Å². The normalized spacial score (nSPS) is 17.4. The van der Waals surface area contributed by atoms with Gasteiger partial charge < -0.3 is 14.4 Å². The first-order chi connectivity index (χ1) is 14.2. The number of amides is 1. The molecule has 4 rings (SSSR count). The second kappa shape index (κ2) is 8.84. The topological polar surface area (TPSA) is 45.3 Å². The van der Waals surface area contributed by atoms with Crippen LogP contribution in [-0.4, -0.2) is 69.2 Å². The molecule has 6 heteroatoms. The Balaban J connectivity index is 1.32. The molecule has 0 spiro atoms. The minimum atomic E-state index is 0.134. The third-order valence-electron chi connectivity index (χ3n) is 5.90. The molecule has 2 aromatic carbocycles. The SMILES string of the molecule is COc1ccc2c(c1OC)CC(=O)N2CCN1CCN(Cc2ccccc2)CC1. The van der Waals surface area contributed by atoms with Gasteiger partial charge in [0.1, 0.15) is 0 Å². The maximum Gasteiger partial charge on any atom is 0.231 e. The van der Waals surface area contributed by atoms with E-state index in [0.29, 0.717) is 24.5 Å². The molecule has 0 radical (unpaired) electrons. The molecule has 2 aromatic rings. The number of benzene rings is 2. The molecule has 6 nitrogen and oxygen atoms in total. The number of ether oxygens (including phenoxy) is 2. The van der Waals surface area contributed by atoms with Crippen LogP contribution >= 0.6 is 0 Å². The van der Waals surface area contributed by atoms with E-state index in [1.165, 1.54) is 5.56 Å². The Hall–Kier alpha value is -2.57. The van der Waals surface area contributed by atoms with Crippen LogP contribution in [0.5, 0.6) is 11.5 Å². The number of methoxy groups -OCH3 is 2. The van der Waals surface area contributed by atoms with E-state index in [2.05, 4.69) is 40.1 Å². The lowest BCUT2D eigenvalue weighted by atomic mass is 10.1. The highest BCUT2D eigenvalue weighted by molar-refractivity contribution is 6.02.